The molecule has 0 amide bonds. The summed E-state index contributed by atoms with van der Waals surface area (Å²) in [6.07, 6.45) is 17.9. The Kier molecular flexibility index (Phi) is 11.6. The molecule has 1 unspecified atom stereocenters. The van der Waals surface area contributed by atoms with Crippen LogP contribution in [0.15, 0.2) is 12.2 Å². The molecule has 0 aromatic rings. The van der Waals surface area contributed by atoms with Crippen molar-refractivity contribution in [1.29, 1.82) is 0 Å². The van der Waals surface area contributed by atoms with Crippen LogP contribution < -0.4 is 0 Å². The van der Waals surface area contributed by atoms with E-state index in [1.54, 1.807) is 0 Å². The Morgan fingerprint density at radius 2 is 1.96 bits per heavy atom. The van der Waals surface area contributed by atoms with E-state index >= 15 is 0 Å². The molecular formula is C23H40O4. The van der Waals surface area contributed by atoms with Crippen LogP contribution in [0.5, 0.6) is 0 Å². The van der Waals surface area contributed by atoms with E-state index in [0.29, 0.717) is 24.5 Å². The highest BCUT2D eigenvalue weighted by Crippen LogP contribution is 2.48. The van der Waals surface area contributed by atoms with E-state index in [0.717, 1.165) is 51.4 Å². The fourth-order valence-electron chi connectivity index (χ4n) is 4.24. The minimum Gasteiger partial charge on any atom is -0.481 e. The third kappa shape index (κ3) is 9.05. The number of allylic oxidation sites excluding steroid dienone is 1. The van der Waals surface area contributed by atoms with Crippen LogP contribution in [0, 0.1) is 11.3 Å². The number of Topliss-reactive ketones (excluding diaryl/α,β-unsaturated/α-hetero) is 1. The maximum Gasteiger partial charge on any atom is 0.303 e. The number of rotatable bonds is 11. The first-order valence-electron chi connectivity index (χ1n) is 11.0. The first kappa shape index (κ1) is 23.9. The van der Waals surface area contributed by atoms with E-state index in [1.807, 2.05) is 0 Å². The second-order valence-electron chi connectivity index (χ2n) is 8.39. The van der Waals surface area contributed by atoms with E-state index in [4.69, 9.17) is 5.11 Å². The monoisotopic (exact) mass is 380 g/mol. The van der Waals surface area contributed by atoms with Gasteiger partial charge in [0, 0.05) is 19.3 Å². The topological polar surface area (TPSA) is 74.6 Å². The molecule has 0 spiro atoms. The zero-order chi connectivity index (χ0) is 20.1. The predicted octanol–water partition coefficient (Wildman–Crippen LogP) is 5.67. The lowest BCUT2D eigenvalue weighted by molar-refractivity contribution is -0.137. The number of carbonyl (C=O) groups excluding carboxylic acids is 1. The zero-order valence-electron chi connectivity index (χ0n) is 17.4. The molecule has 156 valence electrons. The first-order valence-corrected chi connectivity index (χ1v) is 11.0. The molecule has 2 aliphatic rings. The zero-order valence-corrected chi connectivity index (χ0v) is 17.4. The Balaban J connectivity index is 0.000000345. The Labute approximate surface area is 165 Å². The summed E-state index contributed by atoms with van der Waals surface area (Å²) in [6.45, 7) is 4.31. The van der Waals surface area contributed by atoms with Gasteiger partial charge in [-0.1, -0.05) is 58.1 Å². The highest BCUT2D eigenvalue weighted by Gasteiger charge is 2.41. The summed E-state index contributed by atoms with van der Waals surface area (Å²) < 4.78 is 0. The molecule has 0 radical (unpaired) electrons. The fourth-order valence-corrected chi connectivity index (χ4v) is 4.24. The van der Waals surface area contributed by atoms with Crippen LogP contribution in [0.25, 0.3) is 0 Å². The summed E-state index contributed by atoms with van der Waals surface area (Å²) >= 11 is 0. The SMILES string of the molecule is CCCC1(C(O)C/C=C/[C@H]2CCC(=O)C2)CCC1.CCCCCCC(=O)O. The highest BCUT2D eigenvalue weighted by atomic mass is 16.4. The fraction of sp³-hybridized carbons (Fsp3) is 0.826. The van der Waals surface area contributed by atoms with Crippen LogP contribution >= 0.6 is 0 Å². The molecule has 2 atom stereocenters. The summed E-state index contributed by atoms with van der Waals surface area (Å²) in [5, 5.41) is 18.6. The summed E-state index contributed by atoms with van der Waals surface area (Å²) in [7, 11) is 0. The van der Waals surface area contributed by atoms with Gasteiger partial charge in [-0.3, -0.25) is 9.59 Å². The van der Waals surface area contributed by atoms with Gasteiger partial charge in [0.1, 0.15) is 5.78 Å². The van der Waals surface area contributed by atoms with E-state index in [2.05, 4.69) is 26.0 Å². The maximum atomic E-state index is 11.2. The van der Waals surface area contributed by atoms with Gasteiger partial charge in [-0.15, -0.1) is 0 Å². The Hall–Kier alpha value is -1.16. The molecule has 0 bridgehead atoms. The lowest BCUT2D eigenvalue weighted by atomic mass is 9.62. The molecule has 4 heteroatoms. The standard InChI is InChI=1S/C16H26O2.C7H14O2/c1-2-9-16(10-4-11-16)15(18)6-3-5-13-7-8-14(17)12-13;1-2-3-4-5-6-7(8)9/h3,5,13,15,18H,2,4,6-12H2,1H3;2-6H2,1H3,(H,8,9)/b5-3+;/t13-,15?;/m0./s1. The Morgan fingerprint density at radius 3 is 2.44 bits per heavy atom. The second-order valence-corrected chi connectivity index (χ2v) is 8.39. The molecule has 0 heterocycles. The number of hydrogen-bond donors (Lipinski definition) is 2. The lowest BCUT2D eigenvalue weighted by Gasteiger charge is -2.45. The van der Waals surface area contributed by atoms with Crippen molar-refractivity contribution in [3.63, 3.8) is 0 Å². The smallest absolute Gasteiger partial charge is 0.303 e. The number of aliphatic hydroxyl groups is 1. The first-order chi connectivity index (χ1) is 12.9. The van der Waals surface area contributed by atoms with E-state index in [1.165, 1.54) is 25.7 Å². The van der Waals surface area contributed by atoms with Gasteiger partial charge < -0.3 is 10.2 Å². The van der Waals surface area contributed by atoms with Crippen LogP contribution in [0.4, 0.5) is 0 Å². The van der Waals surface area contributed by atoms with Gasteiger partial charge >= 0.3 is 5.97 Å². The minimum atomic E-state index is -0.675. The van der Waals surface area contributed by atoms with Crippen molar-refractivity contribution in [3.05, 3.63) is 12.2 Å². The average molecular weight is 381 g/mol. The summed E-state index contributed by atoms with van der Waals surface area (Å²) in [6, 6.07) is 0. The molecule has 0 aliphatic heterocycles. The van der Waals surface area contributed by atoms with Crippen molar-refractivity contribution >= 4 is 11.8 Å². The summed E-state index contributed by atoms with van der Waals surface area (Å²) in [5.74, 6) is 0.158. The summed E-state index contributed by atoms with van der Waals surface area (Å²) in [5.41, 5.74) is 0.213. The van der Waals surface area contributed by atoms with Gasteiger partial charge in [0.25, 0.3) is 0 Å². The average Bonchev–Trinajstić information content (AvgIpc) is 3.00. The van der Waals surface area contributed by atoms with Gasteiger partial charge in [0.05, 0.1) is 6.10 Å². The molecule has 2 saturated carbocycles. The molecule has 2 rings (SSSR count). The van der Waals surface area contributed by atoms with E-state index in [9.17, 15) is 14.7 Å². The van der Waals surface area contributed by atoms with Crippen LogP contribution in [-0.4, -0.2) is 28.1 Å². The molecule has 2 aliphatic carbocycles. The van der Waals surface area contributed by atoms with Crippen LogP contribution in [0.3, 0.4) is 0 Å². The molecule has 2 N–H and O–H groups in total. The normalized spacial score (nSPS) is 22.2. The number of carboxylic acid groups (broad SMARTS) is 1. The van der Waals surface area contributed by atoms with Crippen molar-refractivity contribution in [1.82, 2.24) is 0 Å². The largest absolute Gasteiger partial charge is 0.481 e. The van der Waals surface area contributed by atoms with Crippen molar-refractivity contribution in [2.45, 2.75) is 110 Å². The van der Waals surface area contributed by atoms with Crippen LogP contribution in [-0.2, 0) is 9.59 Å². The molecule has 2 fully saturated rings. The number of carboxylic acids is 1. The number of ketones is 1. The molecule has 0 aromatic carbocycles. The van der Waals surface area contributed by atoms with Crippen molar-refractivity contribution in [2.75, 3.05) is 0 Å². The quantitative estimate of drug-likeness (QED) is 0.357. The molecule has 4 nitrogen and oxygen atoms in total. The van der Waals surface area contributed by atoms with Gasteiger partial charge in [-0.05, 0) is 49.9 Å². The van der Waals surface area contributed by atoms with Crippen molar-refractivity contribution < 1.29 is 19.8 Å². The van der Waals surface area contributed by atoms with Gasteiger partial charge in [0.15, 0.2) is 0 Å². The minimum absolute atomic E-state index is 0.181. The molecule has 27 heavy (non-hydrogen) atoms. The van der Waals surface area contributed by atoms with Crippen molar-refractivity contribution in [3.8, 4) is 0 Å². The van der Waals surface area contributed by atoms with Crippen LogP contribution in [0.2, 0.25) is 0 Å². The number of aliphatic carboxylic acids is 1. The third-order valence-electron chi connectivity index (χ3n) is 6.10. The predicted molar refractivity (Wildman–Crippen MR) is 110 cm³/mol. The molecule has 0 aromatic heterocycles. The lowest BCUT2D eigenvalue weighted by Crippen LogP contribution is -2.41. The Bertz CT molecular complexity index is 465. The Morgan fingerprint density at radius 1 is 1.22 bits per heavy atom. The van der Waals surface area contributed by atoms with Gasteiger partial charge in [-0.25, -0.2) is 0 Å². The number of aliphatic hydroxyl groups excluding tert-OH is 1. The number of carbonyl (C=O) groups is 2. The van der Waals surface area contributed by atoms with Gasteiger partial charge in [0.2, 0.25) is 0 Å². The summed E-state index contributed by atoms with van der Waals surface area (Å²) in [4.78, 5) is 21.1. The maximum absolute atomic E-state index is 11.2. The second kappa shape index (κ2) is 13.1. The highest BCUT2D eigenvalue weighted by molar-refractivity contribution is 5.80. The van der Waals surface area contributed by atoms with E-state index in [-0.39, 0.29) is 11.5 Å². The van der Waals surface area contributed by atoms with Crippen molar-refractivity contribution in [2.24, 2.45) is 11.3 Å². The van der Waals surface area contributed by atoms with Crippen LogP contribution in [0.1, 0.15) is 104 Å². The molecular weight excluding hydrogens is 340 g/mol. The van der Waals surface area contributed by atoms with Gasteiger partial charge in [-0.2, -0.15) is 0 Å². The number of hydrogen-bond acceptors (Lipinski definition) is 3. The van der Waals surface area contributed by atoms with E-state index < -0.39 is 5.97 Å². The third-order valence-corrected chi connectivity index (χ3v) is 6.10. The number of unbranched alkanes of at least 4 members (excludes halogenated alkanes) is 3. The molecule has 0 saturated heterocycles.